The molecule has 0 radical (unpaired) electrons. The van der Waals surface area contributed by atoms with Crippen LogP contribution in [0.15, 0.2) is 60.7 Å². The summed E-state index contributed by atoms with van der Waals surface area (Å²) in [6, 6.07) is 16.8. The SMILES string of the molecule is CC1CCCN1C(=O)CNc1cc(OCSN)ccc1C(=N)C(N)=O.O=CNc1cccc(-c2ccccc2Cl)c1F. The molecule has 0 aromatic heterocycles. The molecule has 1 saturated heterocycles. The fourth-order valence-corrected chi connectivity index (χ4v) is 4.82. The van der Waals surface area contributed by atoms with Crippen LogP contribution in [0, 0.1) is 11.2 Å². The lowest BCUT2D eigenvalue weighted by Gasteiger charge is -2.22. The Bertz CT molecular complexity index is 1440. The van der Waals surface area contributed by atoms with Crippen LogP contribution in [0.5, 0.6) is 5.75 Å². The standard InChI is InChI=1S/C16H23N5O3S.C13H9ClFNO/c1-10-3-2-6-21(10)14(22)8-20-13-7-11(24-9-25-19)4-5-12(13)15(17)16(18)23;14-11-6-2-1-4-9(11)10-5-3-7-12(13(10)15)16-8-17/h4-5,7,10,17,20H,2-3,6,8-9,19H2,1H3,(H2,18,23);1-8H,(H,16,17). The molecule has 1 aliphatic rings. The van der Waals surface area contributed by atoms with E-state index in [2.05, 4.69) is 10.6 Å². The van der Waals surface area contributed by atoms with E-state index in [1.165, 1.54) is 6.07 Å². The number of ether oxygens (including phenoxy) is 1. The van der Waals surface area contributed by atoms with Crippen molar-refractivity contribution in [3.63, 3.8) is 0 Å². The van der Waals surface area contributed by atoms with Crippen molar-refractivity contribution in [2.24, 2.45) is 10.9 Å². The van der Waals surface area contributed by atoms with Crippen molar-refractivity contribution in [2.75, 3.05) is 29.7 Å². The number of primary amides is 1. The summed E-state index contributed by atoms with van der Waals surface area (Å²) in [6.45, 7) is 2.85. The molecular formula is C29H32ClFN6O4S. The van der Waals surface area contributed by atoms with Gasteiger partial charge in [-0.2, -0.15) is 0 Å². The summed E-state index contributed by atoms with van der Waals surface area (Å²) in [5.41, 5.74) is 6.75. The zero-order valence-electron chi connectivity index (χ0n) is 22.9. The van der Waals surface area contributed by atoms with E-state index in [9.17, 15) is 18.8 Å². The minimum Gasteiger partial charge on any atom is -0.482 e. The molecule has 1 atom stereocenters. The number of rotatable bonds is 11. The maximum Gasteiger partial charge on any atom is 0.267 e. The Hall–Kier alpha value is -4.13. The topological polar surface area (TPSA) is 164 Å². The maximum atomic E-state index is 14.0. The van der Waals surface area contributed by atoms with Crippen LogP contribution in [0.1, 0.15) is 25.3 Å². The van der Waals surface area contributed by atoms with E-state index in [0.717, 1.165) is 31.3 Å². The molecule has 1 unspecified atom stereocenters. The number of carbonyl (C=O) groups is 3. The molecule has 3 amide bonds. The smallest absolute Gasteiger partial charge is 0.267 e. The minimum atomic E-state index is -0.839. The number of nitrogens with one attached hydrogen (secondary N) is 3. The molecule has 0 spiro atoms. The third-order valence-corrected chi connectivity index (χ3v) is 7.06. The number of amides is 3. The Kier molecular flexibility index (Phi) is 12.1. The van der Waals surface area contributed by atoms with E-state index < -0.39 is 11.7 Å². The van der Waals surface area contributed by atoms with Crippen LogP contribution in [0.25, 0.3) is 11.1 Å². The van der Waals surface area contributed by atoms with Crippen LogP contribution >= 0.6 is 23.5 Å². The second-order valence-electron chi connectivity index (χ2n) is 9.22. The largest absolute Gasteiger partial charge is 0.482 e. The van der Waals surface area contributed by atoms with Crippen molar-refractivity contribution in [3.05, 3.63) is 77.1 Å². The summed E-state index contributed by atoms with van der Waals surface area (Å²) < 4.78 is 19.5. The summed E-state index contributed by atoms with van der Waals surface area (Å²) in [5.74, 6) is -0.578. The summed E-state index contributed by atoms with van der Waals surface area (Å²) in [5, 5.41) is 19.0. The van der Waals surface area contributed by atoms with Gasteiger partial charge in [0.25, 0.3) is 5.91 Å². The molecule has 222 valence electrons. The number of likely N-dealkylation sites (tertiary alicyclic amines) is 1. The Morgan fingerprint density at radius 2 is 1.90 bits per heavy atom. The molecular weight excluding hydrogens is 583 g/mol. The zero-order chi connectivity index (χ0) is 30.6. The lowest BCUT2D eigenvalue weighted by Crippen LogP contribution is -2.37. The highest BCUT2D eigenvalue weighted by atomic mass is 35.5. The molecule has 1 aliphatic heterocycles. The molecule has 1 heterocycles. The van der Waals surface area contributed by atoms with Crippen molar-refractivity contribution in [1.29, 1.82) is 5.41 Å². The van der Waals surface area contributed by atoms with Gasteiger partial charge in [0.2, 0.25) is 12.3 Å². The van der Waals surface area contributed by atoms with Gasteiger partial charge in [0.1, 0.15) is 17.4 Å². The van der Waals surface area contributed by atoms with Gasteiger partial charge in [-0.15, -0.1) is 0 Å². The summed E-state index contributed by atoms with van der Waals surface area (Å²) in [7, 11) is 0. The number of carbonyl (C=O) groups excluding carboxylic acids is 3. The third-order valence-electron chi connectivity index (χ3n) is 6.48. The number of anilines is 2. The Morgan fingerprint density at radius 1 is 1.17 bits per heavy atom. The predicted octanol–water partition coefficient (Wildman–Crippen LogP) is 4.62. The minimum absolute atomic E-state index is 0.0228. The number of hydrogen-bond acceptors (Lipinski definition) is 8. The number of halogens is 2. The molecule has 13 heteroatoms. The van der Waals surface area contributed by atoms with Crippen LogP contribution in [-0.4, -0.2) is 53.9 Å². The number of hydrogen-bond donors (Lipinski definition) is 5. The average Bonchev–Trinajstić information content (AvgIpc) is 3.42. The second-order valence-corrected chi connectivity index (χ2v) is 10.2. The van der Waals surface area contributed by atoms with E-state index in [0.29, 0.717) is 39.6 Å². The Labute approximate surface area is 252 Å². The molecule has 0 aliphatic carbocycles. The van der Waals surface area contributed by atoms with E-state index in [1.807, 2.05) is 11.8 Å². The van der Waals surface area contributed by atoms with Crippen molar-refractivity contribution in [3.8, 4) is 16.9 Å². The Balaban J connectivity index is 0.000000247. The van der Waals surface area contributed by atoms with Gasteiger partial charge in [-0.1, -0.05) is 41.9 Å². The molecule has 3 aromatic carbocycles. The van der Waals surface area contributed by atoms with Crippen molar-refractivity contribution in [2.45, 2.75) is 25.8 Å². The molecule has 0 saturated carbocycles. The van der Waals surface area contributed by atoms with Crippen LogP contribution in [0.4, 0.5) is 15.8 Å². The van der Waals surface area contributed by atoms with E-state index in [4.69, 9.17) is 32.6 Å². The number of nitrogens with zero attached hydrogens (tertiary/aromatic N) is 1. The molecule has 42 heavy (non-hydrogen) atoms. The number of benzene rings is 3. The lowest BCUT2D eigenvalue weighted by molar-refractivity contribution is -0.129. The van der Waals surface area contributed by atoms with E-state index >= 15 is 0 Å². The fourth-order valence-electron chi connectivity index (χ4n) is 4.38. The average molecular weight is 615 g/mol. The van der Waals surface area contributed by atoms with Gasteiger partial charge >= 0.3 is 0 Å². The first kappa shape index (κ1) is 32.4. The van der Waals surface area contributed by atoms with Crippen molar-refractivity contribution in [1.82, 2.24) is 4.90 Å². The first-order chi connectivity index (χ1) is 20.2. The lowest BCUT2D eigenvalue weighted by atomic mass is 10.0. The fraction of sp³-hybridized carbons (Fsp3) is 0.241. The second kappa shape index (κ2) is 15.8. The molecule has 7 N–H and O–H groups in total. The predicted molar refractivity (Wildman–Crippen MR) is 165 cm³/mol. The third kappa shape index (κ3) is 8.44. The Morgan fingerprint density at radius 3 is 2.55 bits per heavy atom. The molecule has 0 bridgehead atoms. The molecule has 1 fully saturated rings. The van der Waals surface area contributed by atoms with E-state index in [1.54, 1.807) is 54.6 Å². The van der Waals surface area contributed by atoms with Gasteiger partial charge in [-0.05, 0) is 56.0 Å². The first-order valence-electron chi connectivity index (χ1n) is 12.9. The molecule has 3 aromatic rings. The van der Waals surface area contributed by atoms with Gasteiger partial charge in [-0.3, -0.25) is 24.9 Å². The highest BCUT2D eigenvalue weighted by molar-refractivity contribution is 7.96. The first-order valence-corrected chi connectivity index (χ1v) is 14.3. The van der Waals surface area contributed by atoms with Crippen LogP contribution in [-0.2, 0) is 14.4 Å². The number of nitrogens with two attached hydrogens (primary N) is 2. The molecule has 4 rings (SSSR count). The normalized spacial score (nSPS) is 13.9. The van der Waals surface area contributed by atoms with Crippen molar-refractivity contribution < 1.29 is 23.5 Å². The van der Waals surface area contributed by atoms with Gasteiger partial charge in [0.15, 0.2) is 5.82 Å². The van der Waals surface area contributed by atoms with Gasteiger partial charge < -0.3 is 26.0 Å². The van der Waals surface area contributed by atoms with Crippen LogP contribution < -0.4 is 26.2 Å². The van der Waals surface area contributed by atoms with Crippen LogP contribution in [0.3, 0.4) is 0 Å². The van der Waals surface area contributed by atoms with Gasteiger partial charge in [0.05, 0.1) is 12.2 Å². The van der Waals surface area contributed by atoms with Gasteiger partial charge in [0, 0.05) is 46.1 Å². The highest BCUT2D eigenvalue weighted by Crippen LogP contribution is 2.32. The maximum absolute atomic E-state index is 14.0. The monoisotopic (exact) mass is 614 g/mol. The van der Waals surface area contributed by atoms with Gasteiger partial charge in [-0.25, -0.2) is 4.39 Å². The zero-order valence-corrected chi connectivity index (χ0v) is 24.4. The summed E-state index contributed by atoms with van der Waals surface area (Å²) >= 11 is 7.04. The summed E-state index contributed by atoms with van der Waals surface area (Å²) in [4.78, 5) is 35.9. The summed E-state index contributed by atoms with van der Waals surface area (Å²) in [6.07, 6.45) is 2.45. The van der Waals surface area contributed by atoms with Crippen LogP contribution in [0.2, 0.25) is 5.02 Å². The van der Waals surface area contributed by atoms with E-state index in [-0.39, 0.29) is 35.8 Å². The quantitative estimate of drug-likeness (QED) is 0.0910. The molecule has 10 nitrogen and oxygen atoms in total. The highest BCUT2D eigenvalue weighted by Gasteiger charge is 2.25. The van der Waals surface area contributed by atoms with Crippen molar-refractivity contribution >= 4 is 58.9 Å².